The number of benzene rings is 3. The number of halogens is 3. The van der Waals surface area contributed by atoms with E-state index < -0.39 is 12.1 Å². The summed E-state index contributed by atoms with van der Waals surface area (Å²) in [4.78, 5) is 27.4. The average Bonchev–Trinajstić information content (AvgIpc) is 3.42. The molecular formula is C32H34F3N3O4. The normalized spacial score (nSPS) is 13.8. The number of rotatable bonds is 8. The zero-order valence-corrected chi connectivity index (χ0v) is 23.3. The molecule has 10 heteroatoms. The van der Waals surface area contributed by atoms with Crippen LogP contribution in [0.2, 0.25) is 0 Å². The van der Waals surface area contributed by atoms with Gasteiger partial charge in [-0.3, -0.25) is 9.69 Å². The summed E-state index contributed by atoms with van der Waals surface area (Å²) in [5, 5.41) is 11.1. The SMILES string of the molecule is CN(Cc1ccc(NC(=O)c2cc3cc(OCc4ccccc4)ccc3[nH]2)cc1)C1CCCCC1.O=C(O)C(F)(F)F. The number of alkyl halides is 3. The van der Waals surface area contributed by atoms with Gasteiger partial charge in [0.25, 0.3) is 5.91 Å². The molecule has 1 fully saturated rings. The minimum Gasteiger partial charge on any atom is -0.489 e. The van der Waals surface area contributed by atoms with Gasteiger partial charge in [-0.25, -0.2) is 4.79 Å². The van der Waals surface area contributed by atoms with E-state index in [0.717, 1.165) is 34.4 Å². The third-order valence-corrected chi connectivity index (χ3v) is 7.17. The van der Waals surface area contributed by atoms with Crippen molar-refractivity contribution < 1.29 is 32.6 Å². The molecule has 42 heavy (non-hydrogen) atoms. The van der Waals surface area contributed by atoms with Crippen LogP contribution in [-0.4, -0.2) is 46.1 Å². The molecule has 3 aromatic carbocycles. The van der Waals surface area contributed by atoms with Crippen LogP contribution >= 0.6 is 0 Å². The number of aromatic nitrogens is 1. The molecule has 3 N–H and O–H groups in total. The van der Waals surface area contributed by atoms with Crippen LogP contribution in [0.4, 0.5) is 18.9 Å². The standard InChI is InChI=1S/C30H33N3O2.C2HF3O2/c1-33(26-10-6-3-7-11-26)20-22-12-14-25(15-13-22)31-30(34)29-19-24-18-27(16-17-28(24)32-29)35-21-23-8-4-2-5-9-23;3-2(4,5)1(6)7/h2,4-5,8-9,12-19,26,32H,3,6-7,10-11,20-21H2,1H3,(H,31,34);(H,6,7). The van der Waals surface area contributed by atoms with E-state index in [-0.39, 0.29) is 5.91 Å². The second kappa shape index (κ2) is 14.0. The van der Waals surface area contributed by atoms with Crippen molar-refractivity contribution in [3.05, 3.63) is 95.7 Å². The maximum absolute atomic E-state index is 12.9. The van der Waals surface area contributed by atoms with Gasteiger partial charge in [-0.15, -0.1) is 0 Å². The number of anilines is 1. The van der Waals surface area contributed by atoms with E-state index in [9.17, 15) is 18.0 Å². The number of amides is 1. The van der Waals surface area contributed by atoms with E-state index in [4.69, 9.17) is 14.6 Å². The smallest absolute Gasteiger partial charge is 0.489 e. The number of carbonyl (C=O) groups is 2. The molecule has 7 nitrogen and oxygen atoms in total. The number of carboxylic acids is 1. The molecule has 4 aromatic rings. The maximum atomic E-state index is 12.9. The van der Waals surface area contributed by atoms with Crippen molar-refractivity contribution in [3.63, 3.8) is 0 Å². The second-order valence-corrected chi connectivity index (χ2v) is 10.4. The molecule has 0 aliphatic heterocycles. The Morgan fingerprint density at radius 3 is 2.26 bits per heavy atom. The van der Waals surface area contributed by atoms with Crippen LogP contribution in [0.5, 0.6) is 5.75 Å². The van der Waals surface area contributed by atoms with E-state index in [0.29, 0.717) is 18.3 Å². The average molecular weight is 582 g/mol. The fraction of sp³-hybridized carbons (Fsp3) is 0.312. The predicted molar refractivity (Wildman–Crippen MR) is 155 cm³/mol. The van der Waals surface area contributed by atoms with Gasteiger partial charge in [0.05, 0.1) is 0 Å². The van der Waals surface area contributed by atoms with Crippen LogP contribution in [0.25, 0.3) is 10.9 Å². The fourth-order valence-electron chi connectivity index (χ4n) is 4.89. The number of nitrogens with one attached hydrogen (secondary N) is 2. The van der Waals surface area contributed by atoms with Crippen molar-refractivity contribution in [2.45, 2.75) is 57.5 Å². The summed E-state index contributed by atoms with van der Waals surface area (Å²) in [5.74, 6) is -2.13. The van der Waals surface area contributed by atoms with Crippen LogP contribution < -0.4 is 10.1 Å². The van der Waals surface area contributed by atoms with Crippen molar-refractivity contribution in [1.29, 1.82) is 0 Å². The largest absolute Gasteiger partial charge is 0.490 e. The van der Waals surface area contributed by atoms with Crippen molar-refractivity contribution in [3.8, 4) is 5.75 Å². The highest BCUT2D eigenvalue weighted by Crippen LogP contribution is 2.25. The van der Waals surface area contributed by atoms with Gasteiger partial charge in [0.1, 0.15) is 18.1 Å². The summed E-state index contributed by atoms with van der Waals surface area (Å²) in [5.41, 5.74) is 4.62. The topological polar surface area (TPSA) is 94.7 Å². The molecule has 1 aliphatic rings. The summed E-state index contributed by atoms with van der Waals surface area (Å²) in [6.45, 7) is 1.45. The van der Waals surface area contributed by atoms with Gasteiger partial charge in [-0.05, 0) is 67.4 Å². The zero-order chi connectivity index (χ0) is 30.1. The number of ether oxygens (including phenoxy) is 1. The summed E-state index contributed by atoms with van der Waals surface area (Å²) >= 11 is 0. The molecule has 1 amide bonds. The first-order chi connectivity index (χ1) is 20.1. The molecule has 1 heterocycles. The lowest BCUT2D eigenvalue weighted by Gasteiger charge is -2.31. The van der Waals surface area contributed by atoms with Crippen LogP contribution in [0.1, 0.15) is 53.7 Å². The molecule has 222 valence electrons. The van der Waals surface area contributed by atoms with Gasteiger partial charge >= 0.3 is 12.1 Å². The minimum absolute atomic E-state index is 0.153. The fourth-order valence-corrected chi connectivity index (χ4v) is 4.89. The Morgan fingerprint density at radius 1 is 0.952 bits per heavy atom. The Bertz CT molecular complexity index is 1460. The number of H-pyrrole nitrogens is 1. The monoisotopic (exact) mass is 581 g/mol. The molecule has 1 aliphatic carbocycles. The first kappa shape index (κ1) is 30.6. The van der Waals surface area contributed by atoms with Crippen molar-refractivity contribution in [2.24, 2.45) is 0 Å². The number of aliphatic carboxylic acids is 1. The number of carbonyl (C=O) groups excluding carboxylic acids is 1. The molecule has 1 saturated carbocycles. The minimum atomic E-state index is -5.08. The Kier molecular flexibility index (Phi) is 10.2. The molecular weight excluding hydrogens is 547 g/mol. The first-order valence-corrected chi connectivity index (χ1v) is 13.8. The highest BCUT2D eigenvalue weighted by molar-refractivity contribution is 6.06. The predicted octanol–water partition coefficient (Wildman–Crippen LogP) is 7.40. The number of aromatic amines is 1. The Morgan fingerprint density at radius 2 is 1.62 bits per heavy atom. The van der Waals surface area contributed by atoms with Gasteiger partial charge in [-0.1, -0.05) is 61.7 Å². The molecule has 0 bridgehead atoms. The molecule has 0 spiro atoms. The number of hydrogen-bond acceptors (Lipinski definition) is 4. The first-order valence-electron chi connectivity index (χ1n) is 13.8. The molecule has 1 aromatic heterocycles. The summed E-state index contributed by atoms with van der Waals surface area (Å²) in [7, 11) is 2.22. The van der Waals surface area contributed by atoms with E-state index in [1.807, 2.05) is 66.7 Å². The van der Waals surface area contributed by atoms with Gasteiger partial charge < -0.3 is 20.1 Å². The summed E-state index contributed by atoms with van der Waals surface area (Å²) < 4.78 is 37.7. The Labute approximate surface area is 242 Å². The quantitative estimate of drug-likeness (QED) is 0.202. The molecule has 0 unspecified atom stereocenters. The third kappa shape index (κ3) is 8.84. The molecule has 0 saturated heterocycles. The van der Waals surface area contributed by atoms with E-state index in [1.165, 1.54) is 37.7 Å². The number of hydrogen-bond donors (Lipinski definition) is 3. The van der Waals surface area contributed by atoms with E-state index in [2.05, 4.69) is 34.4 Å². The van der Waals surface area contributed by atoms with Crippen LogP contribution in [-0.2, 0) is 17.9 Å². The highest BCUT2D eigenvalue weighted by atomic mass is 19.4. The Balaban J connectivity index is 0.000000517. The lowest BCUT2D eigenvalue weighted by atomic mass is 9.94. The summed E-state index contributed by atoms with van der Waals surface area (Å²) in [6.07, 6.45) is 1.58. The maximum Gasteiger partial charge on any atom is 0.490 e. The number of fused-ring (bicyclic) bond motifs is 1. The van der Waals surface area contributed by atoms with Crippen LogP contribution in [0.15, 0.2) is 78.9 Å². The Hall–Kier alpha value is -4.31. The second-order valence-electron chi connectivity index (χ2n) is 10.4. The lowest BCUT2D eigenvalue weighted by Crippen LogP contribution is -2.32. The van der Waals surface area contributed by atoms with Gasteiger partial charge in [0.2, 0.25) is 0 Å². The van der Waals surface area contributed by atoms with E-state index >= 15 is 0 Å². The highest BCUT2D eigenvalue weighted by Gasteiger charge is 2.38. The van der Waals surface area contributed by atoms with E-state index in [1.54, 1.807) is 0 Å². The number of nitrogens with zero attached hydrogens (tertiary/aromatic N) is 1. The molecule has 5 rings (SSSR count). The van der Waals surface area contributed by atoms with Crippen molar-refractivity contribution in [1.82, 2.24) is 9.88 Å². The lowest BCUT2D eigenvalue weighted by molar-refractivity contribution is -0.192. The summed E-state index contributed by atoms with van der Waals surface area (Å²) in [6, 6.07) is 26.7. The van der Waals surface area contributed by atoms with Crippen LogP contribution in [0, 0.1) is 0 Å². The number of carboxylic acid groups (broad SMARTS) is 1. The van der Waals surface area contributed by atoms with Gasteiger partial charge in [0, 0.05) is 29.2 Å². The molecule has 0 radical (unpaired) electrons. The van der Waals surface area contributed by atoms with Gasteiger partial charge in [0.15, 0.2) is 0 Å². The van der Waals surface area contributed by atoms with Crippen molar-refractivity contribution in [2.75, 3.05) is 12.4 Å². The van der Waals surface area contributed by atoms with Gasteiger partial charge in [-0.2, -0.15) is 13.2 Å². The zero-order valence-electron chi connectivity index (χ0n) is 23.3. The molecule has 0 atom stereocenters. The third-order valence-electron chi connectivity index (χ3n) is 7.17. The van der Waals surface area contributed by atoms with Crippen LogP contribution in [0.3, 0.4) is 0 Å². The van der Waals surface area contributed by atoms with Crippen molar-refractivity contribution >= 4 is 28.5 Å².